The van der Waals surface area contributed by atoms with Gasteiger partial charge < -0.3 is 14.4 Å². The predicted octanol–water partition coefficient (Wildman–Crippen LogP) is 6.29. The highest BCUT2D eigenvalue weighted by Crippen LogP contribution is 2.41. The fourth-order valence-electron chi connectivity index (χ4n) is 4.42. The molecule has 1 fully saturated rings. The van der Waals surface area contributed by atoms with Crippen molar-refractivity contribution < 1.29 is 35.9 Å². The zero-order chi connectivity index (χ0) is 28.5. The molecule has 4 rings (SSSR count). The van der Waals surface area contributed by atoms with Crippen LogP contribution in [0.1, 0.15) is 11.3 Å². The number of carbonyl (C=O) groups excluding carboxylic acids is 1. The van der Waals surface area contributed by atoms with Crippen molar-refractivity contribution in [1.82, 2.24) is 14.7 Å². The molecule has 0 saturated carbocycles. The smallest absolute Gasteiger partial charge is 0.434 e. The van der Waals surface area contributed by atoms with E-state index in [1.807, 2.05) is 11.0 Å². The largest absolute Gasteiger partial charge is 0.495 e. The van der Waals surface area contributed by atoms with Crippen molar-refractivity contribution in [2.75, 3.05) is 38.2 Å². The molecule has 39 heavy (non-hydrogen) atoms. The van der Waals surface area contributed by atoms with E-state index in [-0.39, 0.29) is 11.3 Å². The summed E-state index contributed by atoms with van der Waals surface area (Å²) in [4.78, 5) is 15.8. The number of carbonyl (C=O) groups is 1. The summed E-state index contributed by atoms with van der Waals surface area (Å²) in [6, 6.07) is 7.83. The van der Waals surface area contributed by atoms with Crippen LogP contribution in [0.2, 0.25) is 10.0 Å². The number of methoxy groups -OCH3 is 1. The van der Waals surface area contributed by atoms with Gasteiger partial charge >= 0.3 is 12.4 Å². The molecule has 1 atom stereocenters. The lowest BCUT2D eigenvalue weighted by atomic mass is 10.1. The Morgan fingerprint density at radius 2 is 1.62 bits per heavy atom. The van der Waals surface area contributed by atoms with Crippen LogP contribution in [-0.2, 0) is 23.7 Å². The number of aldehydes is 1. The third-order valence-corrected chi connectivity index (χ3v) is 7.12. The Balaban J connectivity index is 1.55. The Morgan fingerprint density at radius 1 is 0.974 bits per heavy atom. The van der Waals surface area contributed by atoms with Crippen molar-refractivity contribution in [3.05, 3.63) is 63.8 Å². The van der Waals surface area contributed by atoms with Crippen molar-refractivity contribution >= 4 is 35.2 Å². The third-order valence-electron chi connectivity index (χ3n) is 6.45. The van der Waals surface area contributed by atoms with Crippen LogP contribution < -0.4 is 9.64 Å². The van der Waals surface area contributed by atoms with Gasteiger partial charge in [-0.05, 0) is 24.3 Å². The summed E-state index contributed by atoms with van der Waals surface area (Å²) in [6.45, 7) is 1.26. The summed E-state index contributed by atoms with van der Waals surface area (Å²) in [5.74, 6) is 0.501. The Kier molecular flexibility index (Phi) is 8.38. The minimum atomic E-state index is -4.92. The number of piperazine rings is 1. The average molecular weight is 595 g/mol. The summed E-state index contributed by atoms with van der Waals surface area (Å²) in [7, 11) is 1.50. The molecule has 0 N–H and O–H groups in total. The van der Waals surface area contributed by atoms with Crippen molar-refractivity contribution in [3.8, 4) is 17.0 Å². The maximum Gasteiger partial charge on any atom is 0.434 e. The van der Waals surface area contributed by atoms with Crippen LogP contribution in [0, 0.1) is 0 Å². The van der Waals surface area contributed by atoms with E-state index < -0.39 is 41.2 Å². The molecule has 0 bridgehead atoms. The SMILES string of the molecule is COc1cc(N2CCN(C(C=O)Cn3nc(-c4ccc(C(F)(F)F)cc4)c(Cl)c3C(F)(F)F)CC2)ccc1Cl. The number of nitrogens with zero attached hydrogens (tertiary/aromatic N) is 4. The Labute approximate surface area is 229 Å². The highest BCUT2D eigenvalue weighted by atomic mass is 35.5. The van der Waals surface area contributed by atoms with Gasteiger partial charge in [0.1, 0.15) is 17.7 Å². The van der Waals surface area contributed by atoms with Gasteiger partial charge in [0, 0.05) is 43.5 Å². The number of hydrogen-bond donors (Lipinski definition) is 0. The minimum Gasteiger partial charge on any atom is -0.495 e. The standard InChI is InChI=1S/C25H22Cl2F6N4O2/c1-39-20-12-17(6-7-19(20)26)35-8-10-36(11-9-35)18(14-38)13-37-23(25(31,32)33)21(27)22(34-37)15-2-4-16(5-3-15)24(28,29)30/h2-7,12,14,18H,8-11,13H2,1H3. The molecule has 1 saturated heterocycles. The van der Waals surface area contributed by atoms with Gasteiger partial charge in [-0.2, -0.15) is 31.4 Å². The molecule has 14 heteroatoms. The molecule has 6 nitrogen and oxygen atoms in total. The molecule has 1 aromatic heterocycles. The minimum absolute atomic E-state index is 0.0214. The number of alkyl halides is 6. The molecule has 0 spiro atoms. The van der Waals surface area contributed by atoms with E-state index >= 15 is 0 Å². The van der Waals surface area contributed by atoms with Crippen LogP contribution >= 0.6 is 23.2 Å². The highest BCUT2D eigenvalue weighted by molar-refractivity contribution is 6.33. The first-order valence-electron chi connectivity index (χ1n) is 11.6. The van der Waals surface area contributed by atoms with Crippen LogP contribution in [0.3, 0.4) is 0 Å². The molecule has 3 aromatic rings. The third kappa shape index (κ3) is 6.28. The highest BCUT2D eigenvalue weighted by Gasteiger charge is 2.41. The average Bonchev–Trinajstić information content (AvgIpc) is 3.23. The molecule has 1 aliphatic rings. The van der Waals surface area contributed by atoms with Crippen LogP contribution in [0.5, 0.6) is 5.75 Å². The van der Waals surface area contributed by atoms with Crippen LogP contribution in [0.25, 0.3) is 11.3 Å². The van der Waals surface area contributed by atoms with Crippen molar-refractivity contribution in [1.29, 1.82) is 0 Å². The van der Waals surface area contributed by atoms with Crippen LogP contribution in [-0.4, -0.2) is 60.3 Å². The molecular weight excluding hydrogens is 573 g/mol. The van der Waals surface area contributed by atoms with E-state index in [0.29, 0.717) is 47.9 Å². The fourth-order valence-corrected chi connectivity index (χ4v) is 4.97. The quantitative estimate of drug-likeness (QED) is 0.238. The zero-order valence-corrected chi connectivity index (χ0v) is 21.9. The van der Waals surface area contributed by atoms with E-state index in [2.05, 4.69) is 5.10 Å². The summed E-state index contributed by atoms with van der Waals surface area (Å²) in [5, 5.41) is 3.67. The van der Waals surface area contributed by atoms with E-state index in [1.54, 1.807) is 17.0 Å². The van der Waals surface area contributed by atoms with Crippen molar-refractivity contribution in [2.24, 2.45) is 0 Å². The number of aromatic nitrogens is 2. The van der Waals surface area contributed by atoms with E-state index in [4.69, 9.17) is 27.9 Å². The van der Waals surface area contributed by atoms with Gasteiger partial charge in [0.2, 0.25) is 0 Å². The molecule has 0 radical (unpaired) electrons. The maximum atomic E-state index is 14.0. The first-order valence-corrected chi connectivity index (χ1v) is 12.4. The first kappa shape index (κ1) is 29.0. The Bertz CT molecular complexity index is 1320. The van der Waals surface area contributed by atoms with E-state index in [0.717, 1.165) is 30.0 Å². The van der Waals surface area contributed by atoms with Gasteiger partial charge in [-0.25, -0.2) is 0 Å². The lowest BCUT2D eigenvalue weighted by Crippen LogP contribution is -2.52. The normalized spacial score (nSPS) is 15.9. The number of benzene rings is 2. The Hall–Kier alpha value is -2.96. The monoisotopic (exact) mass is 594 g/mol. The van der Waals surface area contributed by atoms with Crippen LogP contribution in [0.4, 0.5) is 32.0 Å². The summed E-state index contributed by atoms with van der Waals surface area (Å²) < 4.78 is 86.5. The second kappa shape index (κ2) is 11.3. The number of ether oxygens (including phenoxy) is 1. The number of hydrogen-bond acceptors (Lipinski definition) is 5. The molecule has 1 unspecified atom stereocenters. The summed E-state index contributed by atoms with van der Waals surface area (Å²) in [6.07, 6.45) is -8.98. The number of anilines is 1. The first-order chi connectivity index (χ1) is 18.3. The lowest BCUT2D eigenvalue weighted by Gasteiger charge is -2.38. The van der Waals surface area contributed by atoms with E-state index in [1.165, 1.54) is 7.11 Å². The molecular formula is C25H22Cl2F6N4O2. The predicted molar refractivity (Wildman–Crippen MR) is 134 cm³/mol. The molecule has 2 aromatic carbocycles. The summed E-state index contributed by atoms with van der Waals surface area (Å²) in [5.41, 5.74) is -1.75. The topological polar surface area (TPSA) is 50.6 Å². The molecule has 1 aliphatic heterocycles. The van der Waals surface area contributed by atoms with Gasteiger partial charge in [0.05, 0.1) is 35.3 Å². The van der Waals surface area contributed by atoms with Gasteiger partial charge in [-0.15, -0.1) is 0 Å². The van der Waals surface area contributed by atoms with Crippen LogP contribution in [0.15, 0.2) is 42.5 Å². The second-order valence-electron chi connectivity index (χ2n) is 8.81. The van der Waals surface area contributed by atoms with Gasteiger partial charge in [0.15, 0.2) is 5.69 Å². The fraction of sp³-hybridized carbons (Fsp3) is 0.360. The summed E-state index contributed by atoms with van der Waals surface area (Å²) >= 11 is 12.1. The van der Waals surface area contributed by atoms with Gasteiger partial charge in [0.25, 0.3) is 0 Å². The number of rotatable bonds is 7. The second-order valence-corrected chi connectivity index (χ2v) is 9.60. The number of halogens is 8. The van der Waals surface area contributed by atoms with Gasteiger partial charge in [-0.1, -0.05) is 35.3 Å². The van der Waals surface area contributed by atoms with E-state index in [9.17, 15) is 31.1 Å². The maximum absolute atomic E-state index is 14.0. The Morgan fingerprint density at radius 3 is 2.15 bits per heavy atom. The zero-order valence-electron chi connectivity index (χ0n) is 20.4. The molecule has 0 amide bonds. The molecule has 210 valence electrons. The molecule has 0 aliphatic carbocycles. The lowest BCUT2D eigenvalue weighted by molar-refractivity contribution is -0.144. The molecule has 2 heterocycles. The van der Waals surface area contributed by atoms with Gasteiger partial charge in [-0.3, -0.25) is 9.58 Å². The van der Waals surface area contributed by atoms with Crippen molar-refractivity contribution in [3.63, 3.8) is 0 Å². The van der Waals surface area contributed by atoms with Crippen molar-refractivity contribution in [2.45, 2.75) is 24.9 Å².